The fourth-order valence-corrected chi connectivity index (χ4v) is 2.67. The Labute approximate surface area is 126 Å². The van der Waals surface area contributed by atoms with E-state index in [1.165, 1.54) is 0 Å². The van der Waals surface area contributed by atoms with Gasteiger partial charge in [0.05, 0.1) is 5.56 Å². The van der Waals surface area contributed by atoms with Crippen LogP contribution in [0, 0.1) is 11.8 Å². The quantitative estimate of drug-likeness (QED) is 0.594. The molecule has 0 aromatic heterocycles. The Balaban J connectivity index is 2.20. The Morgan fingerprint density at radius 1 is 0.800 bits per heavy atom. The zero-order valence-electron chi connectivity index (χ0n) is 10.6. The van der Waals surface area contributed by atoms with Crippen molar-refractivity contribution < 1.29 is 5.11 Å². The molecule has 1 nitrogen and oxygen atoms in total. The molecule has 0 aliphatic rings. The molecule has 0 aliphatic carbocycles. The molecule has 0 radical (unpaired) electrons. The van der Waals surface area contributed by atoms with Crippen molar-refractivity contribution in [1.29, 1.82) is 0 Å². The molecule has 0 unspecified atom stereocenters. The zero-order valence-corrected chi connectivity index (χ0v) is 12.2. The van der Waals surface area contributed by atoms with Gasteiger partial charge in [-0.2, -0.15) is 0 Å². The largest absolute Gasteiger partial charge is 0.507 e. The van der Waals surface area contributed by atoms with Crippen LogP contribution >= 0.6 is 15.9 Å². The van der Waals surface area contributed by atoms with Crippen molar-refractivity contribution in [1.82, 2.24) is 0 Å². The number of fused-ring (bicyclic) bond motifs is 1. The Bertz CT molecular complexity index is 826. The number of hydrogen-bond acceptors (Lipinski definition) is 1. The van der Waals surface area contributed by atoms with E-state index in [9.17, 15) is 5.11 Å². The van der Waals surface area contributed by atoms with Crippen LogP contribution in [-0.4, -0.2) is 5.11 Å². The smallest absolute Gasteiger partial charge is 0.132 e. The Hall–Kier alpha value is -2.24. The number of phenols is 1. The summed E-state index contributed by atoms with van der Waals surface area (Å²) in [5, 5.41) is 12.1. The molecule has 0 saturated heterocycles. The molecule has 3 rings (SSSR count). The van der Waals surface area contributed by atoms with Crippen LogP contribution in [0.5, 0.6) is 5.75 Å². The molecule has 3 aromatic carbocycles. The van der Waals surface area contributed by atoms with E-state index >= 15 is 0 Å². The predicted octanol–water partition coefficient (Wildman–Crippen LogP) is 4.71. The number of rotatable bonds is 0. The third-order valence-electron chi connectivity index (χ3n) is 3.08. The zero-order chi connectivity index (χ0) is 13.9. The van der Waals surface area contributed by atoms with E-state index in [-0.39, 0.29) is 5.75 Å². The number of halogens is 1. The second kappa shape index (κ2) is 5.40. The average molecular weight is 323 g/mol. The molecule has 0 bridgehead atoms. The first-order valence-electron chi connectivity index (χ1n) is 6.23. The van der Waals surface area contributed by atoms with Crippen LogP contribution in [0.25, 0.3) is 10.8 Å². The van der Waals surface area contributed by atoms with Gasteiger partial charge in [-0.3, -0.25) is 0 Å². The van der Waals surface area contributed by atoms with Crippen molar-refractivity contribution in [3.8, 4) is 17.6 Å². The lowest BCUT2D eigenvalue weighted by Gasteiger charge is -2.05. The predicted molar refractivity (Wildman–Crippen MR) is 85.7 cm³/mol. The highest BCUT2D eigenvalue weighted by atomic mass is 79.9. The van der Waals surface area contributed by atoms with Gasteiger partial charge in [0.2, 0.25) is 0 Å². The highest BCUT2D eigenvalue weighted by Gasteiger charge is 2.07. The number of benzene rings is 3. The minimum absolute atomic E-state index is 0.194. The fourth-order valence-electron chi connectivity index (χ4n) is 2.10. The summed E-state index contributed by atoms with van der Waals surface area (Å²) < 4.78 is 0.871. The highest BCUT2D eigenvalue weighted by Crippen LogP contribution is 2.33. The van der Waals surface area contributed by atoms with Gasteiger partial charge in [-0.05, 0) is 23.6 Å². The van der Waals surface area contributed by atoms with Gasteiger partial charge in [0.15, 0.2) is 0 Å². The van der Waals surface area contributed by atoms with E-state index in [2.05, 4.69) is 27.8 Å². The maximum atomic E-state index is 10.1. The summed E-state index contributed by atoms with van der Waals surface area (Å²) in [4.78, 5) is 0. The Kier molecular flexibility index (Phi) is 3.45. The summed E-state index contributed by atoms with van der Waals surface area (Å²) in [7, 11) is 0. The first kappa shape index (κ1) is 12.8. The lowest BCUT2D eigenvalue weighted by Crippen LogP contribution is -1.83. The molecule has 0 aliphatic heterocycles. The summed E-state index contributed by atoms with van der Waals surface area (Å²) >= 11 is 3.47. The van der Waals surface area contributed by atoms with Gasteiger partial charge in [-0.25, -0.2) is 0 Å². The van der Waals surface area contributed by atoms with Crippen molar-refractivity contribution in [2.45, 2.75) is 0 Å². The van der Waals surface area contributed by atoms with Crippen molar-refractivity contribution in [3.63, 3.8) is 0 Å². The van der Waals surface area contributed by atoms with Crippen LogP contribution in [-0.2, 0) is 0 Å². The van der Waals surface area contributed by atoms with E-state index in [4.69, 9.17) is 0 Å². The first-order valence-corrected chi connectivity index (χ1v) is 7.02. The summed E-state index contributed by atoms with van der Waals surface area (Å²) in [6.45, 7) is 0. The minimum atomic E-state index is 0.194. The SMILES string of the molecule is Oc1cc(Br)c2ccccc2c1C#Cc1ccccc1. The van der Waals surface area contributed by atoms with Crippen LogP contribution < -0.4 is 0 Å². The van der Waals surface area contributed by atoms with Gasteiger partial charge < -0.3 is 5.11 Å². The van der Waals surface area contributed by atoms with E-state index in [0.29, 0.717) is 5.56 Å². The topological polar surface area (TPSA) is 20.2 Å². The molecular weight excluding hydrogens is 312 g/mol. The second-order valence-electron chi connectivity index (χ2n) is 4.41. The summed E-state index contributed by atoms with van der Waals surface area (Å²) in [6, 6.07) is 19.3. The standard InChI is InChI=1S/C18H11BrO/c19-17-12-18(20)16(14-8-4-5-9-15(14)17)11-10-13-6-2-1-3-7-13/h1-9,12,20H. The molecule has 20 heavy (non-hydrogen) atoms. The molecule has 1 N–H and O–H groups in total. The lowest BCUT2D eigenvalue weighted by molar-refractivity contribution is 0.474. The van der Waals surface area contributed by atoms with Crippen molar-refractivity contribution >= 4 is 26.7 Å². The van der Waals surface area contributed by atoms with Crippen molar-refractivity contribution in [3.05, 3.63) is 76.3 Å². The van der Waals surface area contributed by atoms with E-state index in [0.717, 1.165) is 20.8 Å². The molecule has 0 atom stereocenters. The van der Waals surface area contributed by atoms with Crippen LogP contribution in [0.1, 0.15) is 11.1 Å². The van der Waals surface area contributed by atoms with Gasteiger partial charge >= 0.3 is 0 Å². The third-order valence-corrected chi connectivity index (χ3v) is 3.74. The molecule has 2 heteroatoms. The molecule has 0 saturated carbocycles. The molecule has 96 valence electrons. The van der Waals surface area contributed by atoms with E-state index < -0.39 is 0 Å². The van der Waals surface area contributed by atoms with E-state index in [1.54, 1.807) is 6.07 Å². The third kappa shape index (κ3) is 2.41. The first-order chi connectivity index (χ1) is 9.75. The molecule has 0 amide bonds. The molecular formula is C18H11BrO. The van der Waals surface area contributed by atoms with Gasteiger partial charge in [0.1, 0.15) is 5.75 Å². The van der Waals surface area contributed by atoms with Crippen LogP contribution in [0.2, 0.25) is 0 Å². The van der Waals surface area contributed by atoms with E-state index in [1.807, 2.05) is 54.6 Å². The average Bonchev–Trinajstić information content (AvgIpc) is 2.48. The van der Waals surface area contributed by atoms with Crippen molar-refractivity contribution in [2.75, 3.05) is 0 Å². The minimum Gasteiger partial charge on any atom is -0.507 e. The Morgan fingerprint density at radius 3 is 2.20 bits per heavy atom. The summed E-state index contributed by atoms with van der Waals surface area (Å²) in [5.41, 5.74) is 1.59. The number of hydrogen-bond donors (Lipinski definition) is 1. The number of aromatic hydroxyl groups is 1. The van der Waals surface area contributed by atoms with Gasteiger partial charge in [0.25, 0.3) is 0 Å². The Morgan fingerprint density at radius 2 is 1.45 bits per heavy atom. The maximum Gasteiger partial charge on any atom is 0.132 e. The highest BCUT2D eigenvalue weighted by molar-refractivity contribution is 9.10. The summed E-state index contributed by atoms with van der Waals surface area (Å²) in [6.07, 6.45) is 0. The molecule has 0 heterocycles. The molecule has 0 fully saturated rings. The molecule has 0 spiro atoms. The maximum absolute atomic E-state index is 10.1. The normalized spacial score (nSPS) is 10.1. The summed E-state index contributed by atoms with van der Waals surface area (Å²) in [5.74, 6) is 6.36. The van der Waals surface area contributed by atoms with Gasteiger partial charge in [-0.15, -0.1) is 0 Å². The van der Waals surface area contributed by atoms with Crippen LogP contribution in [0.15, 0.2) is 65.1 Å². The van der Waals surface area contributed by atoms with Crippen molar-refractivity contribution in [2.24, 2.45) is 0 Å². The fraction of sp³-hybridized carbons (Fsp3) is 0. The van der Waals surface area contributed by atoms with Crippen LogP contribution in [0.3, 0.4) is 0 Å². The number of phenolic OH excluding ortho intramolecular Hbond substituents is 1. The second-order valence-corrected chi connectivity index (χ2v) is 5.27. The van der Waals surface area contributed by atoms with Crippen LogP contribution in [0.4, 0.5) is 0 Å². The molecule has 3 aromatic rings. The van der Waals surface area contributed by atoms with Gasteiger partial charge in [0, 0.05) is 15.4 Å². The lowest BCUT2D eigenvalue weighted by atomic mass is 10.0. The monoisotopic (exact) mass is 322 g/mol. The van der Waals surface area contributed by atoms with Gasteiger partial charge in [-0.1, -0.05) is 70.2 Å².